The van der Waals surface area contributed by atoms with E-state index in [-0.39, 0.29) is 11.9 Å². The Morgan fingerprint density at radius 3 is 2.80 bits per heavy atom. The van der Waals surface area contributed by atoms with Crippen LogP contribution in [0.5, 0.6) is 0 Å². The van der Waals surface area contributed by atoms with E-state index in [1.54, 1.807) is 11.9 Å². The molecule has 15 heavy (non-hydrogen) atoms. The SMILES string of the molecule is Cc1cscc1C(=O)N(C)C(C)CC#N. The lowest BCUT2D eigenvalue weighted by Gasteiger charge is -2.22. The van der Waals surface area contributed by atoms with E-state index >= 15 is 0 Å². The van der Waals surface area contributed by atoms with Crippen molar-refractivity contribution in [1.29, 1.82) is 5.26 Å². The molecule has 0 bridgehead atoms. The third kappa shape index (κ3) is 2.57. The topological polar surface area (TPSA) is 44.1 Å². The predicted octanol–water partition coefficient (Wildman–Crippen LogP) is 2.43. The number of amides is 1. The van der Waals surface area contributed by atoms with E-state index in [4.69, 9.17) is 5.26 Å². The van der Waals surface area contributed by atoms with Crippen LogP contribution in [0.15, 0.2) is 10.8 Å². The molecule has 0 saturated heterocycles. The zero-order valence-electron chi connectivity index (χ0n) is 9.15. The van der Waals surface area contributed by atoms with Gasteiger partial charge in [-0.3, -0.25) is 4.79 Å². The molecule has 0 fully saturated rings. The summed E-state index contributed by atoms with van der Waals surface area (Å²) < 4.78 is 0. The van der Waals surface area contributed by atoms with Gasteiger partial charge < -0.3 is 4.90 Å². The van der Waals surface area contributed by atoms with Gasteiger partial charge in [-0.1, -0.05) is 0 Å². The van der Waals surface area contributed by atoms with Crippen molar-refractivity contribution >= 4 is 17.2 Å². The molecule has 0 aliphatic carbocycles. The molecule has 3 nitrogen and oxygen atoms in total. The molecule has 0 N–H and O–H groups in total. The summed E-state index contributed by atoms with van der Waals surface area (Å²) in [6.07, 6.45) is 0.366. The lowest BCUT2D eigenvalue weighted by atomic mass is 10.1. The fourth-order valence-corrected chi connectivity index (χ4v) is 2.06. The van der Waals surface area contributed by atoms with Crippen LogP contribution < -0.4 is 0 Å². The number of nitrogens with zero attached hydrogens (tertiary/aromatic N) is 2. The quantitative estimate of drug-likeness (QED) is 0.788. The number of nitriles is 1. The Morgan fingerprint density at radius 1 is 1.67 bits per heavy atom. The highest BCUT2D eigenvalue weighted by molar-refractivity contribution is 7.08. The van der Waals surface area contributed by atoms with Gasteiger partial charge >= 0.3 is 0 Å². The van der Waals surface area contributed by atoms with E-state index in [9.17, 15) is 4.79 Å². The smallest absolute Gasteiger partial charge is 0.254 e. The maximum absolute atomic E-state index is 12.0. The Morgan fingerprint density at radius 2 is 2.33 bits per heavy atom. The first-order valence-electron chi connectivity index (χ1n) is 4.74. The van der Waals surface area contributed by atoms with Crippen LogP contribution in [-0.4, -0.2) is 23.9 Å². The van der Waals surface area contributed by atoms with Crippen molar-refractivity contribution in [3.8, 4) is 6.07 Å². The summed E-state index contributed by atoms with van der Waals surface area (Å²) in [5.41, 5.74) is 1.74. The van der Waals surface area contributed by atoms with Crippen LogP contribution in [0.3, 0.4) is 0 Å². The van der Waals surface area contributed by atoms with E-state index in [0.717, 1.165) is 11.1 Å². The maximum atomic E-state index is 12.0. The van der Waals surface area contributed by atoms with Gasteiger partial charge in [0, 0.05) is 18.5 Å². The highest BCUT2D eigenvalue weighted by atomic mass is 32.1. The lowest BCUT2D eigenvalue weighted by molar-refractivity contribution is 0.0746. The van der Waals surface area contributed by atoms with Crippen LogP contribution in [0.1, 0.15) is 29.3 Å². The Balaban J connectivity index is 2.78. The summed E-state index contributed by atoms with van der Waals surface area (Å²) in [6.45, 7) is 3.80. The number of hydrogen-bond donors (Lipinski definition) is 0. The number of carbonyl (C=O) groups excluding carboxylic acids is 1. The molecule has 0 spiro atoms. The minimum absolute atomic E-state index is 0.00324. The Bertz CT molecular complexity index is 392. The molecular weight excluding hydrogens is 208 g/mol. The normalized spacial score (nSPS) is 11.9. The van der Waals surface area contributed by atoms with E-state index in [1.165, 1.54) is 11.3 Å². The maximum Gasteiger partial charge on any atom is 0.254 e. The van der Waals surface area contributed by atoms with E-state index in [1.807, 2.05) is 24.6 Å². The van der Waals surface area contributed by atoms with E-state index < -0.39 is 0 Å². The molecule has 0 aromatic carbocycles. The van der Waals surface area contributed by atoms with Crippen molar-refractivity contribution in [2.45, 2.75) is 26.3 Å². The molecule has 4 heteroatoms. The molecule has 0 radical (unpaired) electrons. The van der Waals surface area contributed by atoms with Crippen molar-refractivity contribution in [2.75, 3.05) is 7.05 Å². The monoisotopic (exact) mass is 222 g/mol. The molecule has 80 valence electrons. The summed E-state index contributed by atoms with van der Waals surface area (Å²) in [6, 6.07) is 2.03. The van der Waals surface area contributed by atoms with Gasteiger partial charge in [0.2, 0.25) is 0 Å². The van der Waals surface area contributed by atoms with Crippen molar-refractivity contribution in [3.63, 3.8) is 0 Å². The molecule has 1 atom stereocenters. The summed E-state index contributed by atoms with van der Waals surface area (Å²) in [5.74, 6) is -0.00324. The third-order valence-electron chi connectivity index (χ3n) is 2.45. The molecule has 1 aromatic rings. The minimum atomic E-state index is -0.0400. The largest absolute Gasteiger partial charge is 0.338 e. The van der Waals surface area contributed by atoms with Crippen LogP contribution in [0.4, 0.5) is 0 Å². The number of aryl methyl sites for hydroxylation is 1. The minimum Gasteiger partial charge on any atom is -0.338 e. The van der Waals surface area contributed by atoms with E-state index in [2.05, 4.69) is 6.07 Å². The van der Waals surface area contributed by atoms with Crippen LogP contribution in [-0.2, 0) is 0 Å². The highest BCUT2D eigenvalue weighted by Gasteiger charge is 2.18. The molecule has 1 rings (SSSR count). The average molecular weight is 222 g/mol. The number of carbonyl (C=O) groups is 1. The van der Waals surface area contributed by atoms with Gasteiger partial charge in [0.05, 0.1) is 18.1 Å². The zero-order valence-corrected chi connectivity index (χ0v) is 9.97. The summed E-state index contributed by atoms with van der Waals surface area (Å²) in [5, 5.41) is 12.4. The summed E-state index contributed by atoms with van der Waals surface area (Å²) in [7, 11) is 1.74. The van der Waals surface area contributed by atoms with Gasteiger partial charge in [-0.2, -0.15) is 16.6 Å². The number of rotatable bonds is 3. The van der Waals surface area contributed by atoms with Gasteiger partial charge in [0.25, 0.3) is 5.91 Å². The molecule has 0 aliphatic heterocycles. The Kier molecular flexibility index (Phi) is 3.87. The Labute approximate surface area is 93.9 Å². The zero-order chi connectivity index (χ0) is 11.4. The van der Waals surface area contributed by atoms with Crippen molar-refractivity contribution in [3.05, 3.63) is 21.9 Å². The van der Waals surface area contributed by atoms with Crippen molar-refractivity contribution < 1.29 is 4.79 Å². The highest BCUT2D eigenvalue weighted by Crippen LogP contribution is 2.17. The third-order valence-corrected chi connectivity index (χ3v) is 3.32. The number of hydrogen-bond acceptors (Lipinski definition) is 3. The summed E-state index contributed by atoms with van der Waals surface area (Å²) in [4.78, 5) is 13.6. The average Bonchev–Trinajstić information content (AvgIpc) is 2.62. The van der Waals surface area contributed by atoms with Crippen molar-refractivity contribution in [1.82, 2.24) is 4.90 Å². The van der Waals surface area contributed by atoms with Crippen LogP contribution in [0.25, 0.3) is 0 Å². The van der Waals surface area contributed by atoms with Gasteiger partial charge in [-0.25, -0.2) is 0 Å². The second kappa shape index (κ2) is 4.94. The van der Waals surface area contributed by atoms with Crippen LogP contribution >= 0.6 is 11.3 Å². The summed E-state index contributed by atoms with van der Waals surface area (Å²) >= 11 is 1.52. The molecule has 1 unspecified atom stereocenters. The van der Waals surface area contributed by atoms with Gasteiger partial charge in [-0.15, -0.1) is 0 Å². The molecular formula is C11H14N2OS. The van der Waals surface area contributed by atoms with Crippen LogP contribution in [0, 0.1) is 18.3 Å². The van der Waals surface area contributed by atoms with Gasteiger partial charge in [0.15, 0.2) is 0 Å². The molecule has 0 saturated carbocycles. The molecule has 1 amide bonds. The fraction of sp³-hybridized carbons (Fsp3) is 0.455. The fourth-order valence-electron chi connectivity index (χ4n) is 1.24. The molecule has 1 aromatic heterocycles. The van der Waals surface area contributed by atoms with Gasteiger partial charge in [0.1, 0.15) is 0 Å². The first-order valence-corrected chi connectivity index (χ1v) is 5.69. The van der Waals surface area contributed by atoms with Crippen molar-refractivity contribution in [2.24, 2.45) is 0 Å². The Hall–Kier alpha value is -1.34. The number of thiophene rings is 1. The van der Waals surface area contributed by atoms with E-state index in [0.29, 0.717) is 6.42 Å². The standard InChI is InChI=1S/C11H14N2OS/c1-8-6-15-7-10(8)11(14)13(3)9(2)4-5-12/h6-7,9H,4H2,1-3H3. The molecule has 0 aliphatic rings. The second-order valence-corrected chi connectivity index (χ2v) is 4.34. The first kappa shape index (κ1) is 11.7. The second-order valence-electron chi connectivity index (χ2n) is 3.60. The first-order chi connectivity index (χ1) is 7.07. The molecule has 1 heterocycles. The predicted molar refractivity (Wildman–Crippen MR) is 60.8 cm³/mol. The van der Waals surface area contributed by atoms with Gasteiger partial charge in [-0.05, 0) is 24.8 Å². The lowest BCUT2D eigenvalue weighted by Crippen LogP contribution is -2.34. The van der Waals surface area contributed by atoms with Crippen LogP contribution in [0.2, 0.25) is 0 Å².